The molecular weight excluding hydrogens is 342 g/mol. The van der Waals surface area contributed by atoms with Crippen LogP contribution >= 0.6 is 0 Å². The van der Waals surface area contributed by atoms with Crippen molar-refractivity contribution in [1.82, 2.24) is 15.5 Å². The van der Waals surface area contributed by atoms with Crippen LogP contribution in [0, 0.1) is 5.92 Å². The Balaban J connectivity index is 1.51. The zero-order valence-corrected chi connectivity index (χ0v) is 16.3. The zero-order chi connectivity index (χ0) is 19.2. The molecule has 0 unspecified atom stereocenters. The fourth-order valence-corrected chi connectivity index (χ4v) is 3.39. The van der Waals surface area contributed by atoms with Crippen molar-refractivity contribution in [3.63, 3.8) is 0 Å². The van der Waals surface area contributed by atoms with Gasteiger partial charge in [0.25, 0.3) is 0 Å². The first-order chi connectivity index (χ1) is 13.0. The van der Waals surface area contributed by atoms with E-state index < -0.39 is 12.1 Å². The fraction of sp³-hybridized carbons (Fsp3) is 0.600. The molecule has 2 fully saturated rings. The van der Waals surface area contributed by atoms with Crippen LogP contribution in [0.25, 0.3) is 0 Å². The Kier molecular flexibility index (Phi) is 6.55. The van der Waals surface area contributed by atoms with E-state index >= 15 is 0 Å². The van der Waals surface area contributed by atoms with Crippen molar-refractivity contribution < 1.29 is 9.59 Å². The topological polar surface area (TPSA) is 76.7 Å². The van der Waals surface area contributed by atoms with Gasteiger partial charge in [0.1, 0.15) is 6.04 Å². The number of nitrogens with zero attached hydrogens (tertiary/aromatic N) is 2. The van der Waals surface area contributed by atoms with E-state index in [0.717, 1.165) is 37.8 Å². The summed E-state index contributed by atoms with van der Waals surface area (Å²) in [5.41, 5.74) is 2.05. The van der Waals surface area contributed by atoms with Crippen molar-refractivity contribution in [3.8, 4) is 0 Å². The maximum absolute atomic E-state index is 12.1. The maximum atomic E-state index is 12.1. The first-order valence-corrected chi connectivity index (χ1v) is 9.97. The van der Waals surface area contributed by atoms with E-state index in [0.29, 0.717) is 6.54 Å². The molecule has 1 aliphatic heterocycles. The molecule has 0 aromatic heterocycles. The van der Waals surface area contributed by atoms with Gasteiger partial charge in [0.15, 0.2) is 0 Å². The Hall–Kier alpha value is -2.28. The van der Waals surface area contributed by atoms with Crippen LogP contribution in [-0.4, -0.2) is 62.1 Å². The highest BCUT2D eigenvalue weighted by Gasteiger charge is 2.26. The lowest BCUT2D eigenvalue weighted by molar-refractivity contribution is -0.120. The third-order valence-electron chi connectivity index (χ3n) is 5.15. The number of amides is 3. The number of urea groups is 1. The second-order valence-corrected chi connectivity index (χ2v) is 7.50. The van der Waals surface area contributed by atoms with Gasteiger partial charge in [-0.25, -0.2) is 4.79 Å². The van der Waals surface area contributed by atoms with Crippen LogP contribution in [0.2, 0.25) is 0 Å². The summed E-state index contributed by atoms with van der Waals surface area (Å²) in [5, 5.41) is 8.08. The molecule has 3 N–H and O–H groups in total. The molecule has 1 saturated carbocycles. The molecule has 7 heteroatoms. The highest BCUT2D eigenvalue weighted by Crippen LogP contribution is 2.30. The monoisotopic (exact) mass is 373 g/mol. The lowest BCUT2D eigenvalue weighted by Gasteiger charge is -2.36. The van der Waals surface area contributed by atoms with Crippen molar-refractivity contribution in [1.29, 1.82) is 0 Å². The predicted octanol–water partition coefficient (Wildman–Crippen LogP) is 1.86. The van der Waals surface area contributed by atoms with Crippen molar-refractivity contribution in [2.45, 2.75) is 32.7 Å². The van der Waals surface area contributed by atoms with Gasteiger partial charge in [-0.3, -0.25) is 15.0 Å². The summed E-state index contributed by atoms with van der Waals surface area (Å²) in [4.78, 5) is 28.6. The number of hydrogen-bond acceptors (Lipinski definition) is 5. The summed E-state index contributed by atoms with van der Waals surface area (Å²) >= 11 is 0. The largest absolute Gasteiger partial charge is 0.374 e. The van der Waals surface area contributed by atoms with E-state index in [2.05, 4.69) is 37.9 Å². The van der Waals surface area contributed by atoms with Crippen molar-refractivity contribution in [3.05, 3.63) is 24.3 Å². The summed E-state index contributed by atoms with van der Waals surface area (Å²) in [7, 11) is 0. The van der Waals surface area contributed by atoms with Gasteiger partial charge in [-0.1, -0.05) is 6.07 Å². The minimum Gasteiger partial charge on any atom is -0.374 e. The summed E-state index contributed by atoms with van der Waals surface area (Å²) in [5.74, 6) is 0.594. The molecule has 1 heterocycles. The van der Waals surface area contributed by atoms with Gasteiger partial charge in [0, 0.05) is 50.6 Å². The Labute approximate surface area is 161 Å². The molecule has 1 aromatic rings. The van der Waals surface area contributed by atoms with Gasteiger partial charge < -0.3 is 15.5 Å². The quantitative estimate of drug-likeness (QED) is 0.680. The lowest BCUT2D eigenvalue weighted by Crippen LogP contribution is -2.47. The van der Waals surface area contributed by atoms with Crippen molar-refractivity contribution in [2.24, 2.45) is 5.92 Å². The number of carbonyl (C=O) groups excluding carboxylic acids is 2. The molecule has 0 bridgehead atoms. The highest BCUT2D eigenvalue weighted by molar-refractivity contribution is 5.98. The van der Waals surface area contributed by atoms with Gasteiger partial charge in [0.05, 0.1) is 0 Å². The van der Waals surface area contributed by atoms with Gasteiger partial charge in [-0.2, -0.15) is 0 Å². The Morgan fingerprint density at radius 2 is 1.93 bits per heavy atom. The van der Waals surface area contributed by atoms with Crippen molar-refractivity contribution in [2.75, 3.05) is 49.5 Å². The Morgan fingerprint density at radius 3 is 2.59 bits per heavy atom. The summed E-state index contributed by atoms with van der Waals surface area (Å²) in [6.07, 6.45) is 2.81. The van der Waals surface area contributed by atoms with Crippen LogP contribution in [0.15, 0.2) is 24.3 Å². The number of imide groups is 1. The molecule has 7 nitrogen and oxygen atoms in total. The minimum absolute atomic E-state index is 0.347. The normalized spacial score (nSPS) is 18.7. The second-order valence-electron chi connectivity index (χ2n) is 7.50. The van der Waals surface area contributed by atoms with Crippen LogP contribution in [0.4, 0.5) is 16.2 Å². The Bertz CT molecular complexity index is 654. The molecule has 148 valence electrons. The van der Waals surface area contributed by atoms with E-state index in [1.165, 1.54) is 25.1 Å². The molecule has 3 rings (SSSR count). The summed E-state index contributed by atoms with van der Waals surface area (Å²) < 4.78 is 0. The molecule has 0 radical (unpaired) electrons. The molecule has 3 amide bonds. The van der Waals surface area contributed by atoms with Crippen LogP contribution in [0.5, 0.6) is 0 Å². The fourth-order valence-electron chi connectivity index (χ4n) is 3.39. The van der Waals surface area contributed by atoms with Gasteiger partial charge in [-0.05, 0) is 50.8 Å². The lowest BCUT2D eigenvalue weighted by atomic mass is 10.2. The molecule has 1 atom stereocenters. The molecule has 1 aromatic carbocycles. The number of hydrogen-bond donors (Lipinski definition) is 3. The minimum atomic E-state index is -0.502. The maximum Gasteiger partial charge on any atom is 0.321 e. The highest BCUT2D eigenvalue weighted by atomic mass is 16.2. The SMILES string of the molecule is CCNC(=O)NC(=O)[C@H](C)Nc1cccc(N2CCN(CC3CC3)CC2)c1. The number of rotatable bonds is 7. The van der Waals surface area contributed by atoms with E-state index in [1.54, 1.807) is 6.92 Å². The Morgan fingerprint density at radius 1 is 1.19 bits per heavy atom. The molecule has 0 spiro atoms. The molecule has 27 heavy (non-hydrogen) atoms. The third kappa shape index (κ3) is 5.85. The number of anilines is 2. The van der Waals surface area contributed by atoms with E-state index in [1.807, 2.05) is 19.1 Å². The number of piperazine rings is 1. The van der Waals surface area contributed by atoms with Gasteiger partial charge >= 0.3 is 6.03 Å². The standard InChI is InChI=1S/C20H31N5O2/c1-3-21-20(27)23-19(26)15(2)22-17-5-4-6-18(13-17)25-11-9-24(10-12-25)14-16-7-8-16/h4-6,13,15-16,22H,3,7-12,14H2,1-2H3,(H2,21,23,26,27)/t15-/m0/s1. The van der Waals surface area contributed by atoms with Crippen LogP contribution in [0.3, 0.4) is 0 Å². The van der Waals surface area contributed by atoms with Gasteiger partial charge in [-0.15, -0.1) is 0 Å². The second kappa shape index (κ2) is 9.08. The molecular formula is C20H31N5O2. The molecule has 1 saturated heterocycles. The van der Waals surface area contributed by atoms with E-state index in [4.69, 9.17) is 0 Å². The zero-order valence-electron chi connectivity index (χ0n) is 16.3. The van der Waals surface area contributed by atoms with Crippen LogP contribution in [0.1, 0.15) is 26.7 Å². The molecule has 2 aliphatic rings. The van der Waals surface area contributed by atoms with Gasteiger partial charge in [0.2, 0.25) is 5.91 Å². The van der Waals surface area contributed by atoms with E-state index in [-0.39, 0.29) is 5.91 Å². The van der Waals surface area contributed by atoms with E-state index in [9.17, 15) is 9.59 Å². The first-order valence-electron chi connectivity index (χ1n) is 9.97. The molecule has 1 aliphatic carbocycles. The summed E-state index contributed by atoms with van der Waals surface area (Å²) in [6.45, 7) is 9.58. The van der Waals surface area contributed by atoms with Crippen molar-refractivity contribution >= 4 is 23.3 Å². The number of carbonyl (C=O) groups is 2. The average Bonchev–Trinajstić information content (AvgIpc) is 3.46. The number of nitrogens with one attached hydrogen (secondary N) is 3. The third-order valence-corrected chi connectivity index (χ3v) is 5.15. The smallest absolute Gasteiger partial charge is 0.321 e. The van der Waals surface area contributed by atoms with Crippen LogP contribution in [-0.2, 0) is 4.79 Å². The first kappa shape index (κ1) is 19.5. The van der Waals surface area contributed by atoms with Crippen LogP contribution < -0.4 is 20.9 Å². The number of benzene rings is 1. The average molecular weight is 374 g/mol. The predicted molar refractivity (Wildman–Crippen MR) is 108 cm³/mol. The summed E-state index contributed by atoms with van der Waals surface area (Å²) in [6, 6.07) is 7.17.